The van der Waals surface area contributed by atoms with Gasteiger partial charge in [-0.2, -0.15) is 5.10 Å². The van der Waals surface area contributed by atoms with Crippen LogP contribution in [0.25, 0.3) is 22.0 Å². The van der Waals surface area contributed by atoms with E-state index in [9.17, 15) is 22.4 Å². The Labute approximate surface area is 132 Å². The summed E-state index contributed by atoms with van der Waals surface area (Å²) in [5, 5.41) is 9.41. The van der Waals surface area contributed by atoms with Crippen LogP contribution in [0.5, 0.6) is 5.75 Å². The summed E-state index contributed by atoms with van der Waals surface area (Å²) in [5.41, 5.74) is 0.811. The average molecular weight is 339 g/mol. The summed E-state index contributed by atoms with van der Waals surface area (Å²) in [6.45, 7) is 0. The van der Waals surface area contributed by atoms with Gasteiger partial charge in [-0.05, 0) is 35.9 Å². The van der Waals surface area contributed by atoms with Crippen LogP contribution in [0.2, 0.25) is 0 Å². The fraction of sp³-hybridized carbons (Fsp3) is 0.0667. The van der Waals surface area contributed by atoms with Gasteiger partial charge in [-0.3, -0.25) is 9.89 Å². The number of aromatic nitrogens is 2. The van der Waals surface area contributed by atoms with E-state index in [1.165, 1.54) is 12.1 Å². The van der Waals surface area contributed by atoms with Crippen molar-refractivity contribution in [2.24, 2.45) is 0 Å². The van der Waals surface area contributed by atoms with Crippen LogP contribution < -0.4 is 10.1 Å². The highest BCUT2D eigenvalue weighted by Gasteiger charge is 2.31. The first-order chi connectivity index (χ1) is 11.4. The van der Waals surface area contributed by atoms with E-state index < -0.39 is 17.9 Å². The summed E-state index contributed by atoms with van der Waals surface area (Å²) in [7, 11) is 0. The van der Waals surface area contributed by atoms with Gasteiger partial charge in [0.1, 0.15) is 11.6 Å². The maximum Gasteiger partial charge on any atom is 0.573 e. The Morgan fingerprint density at radius 1 is 1.17 bits per heavy atom. The highest BCUT2D eigenvalue weighted by atomic mass is 19.4. The molecular weight excluding hydrogens is 330 g/mol. The minimum absolute atomic E-state index is 0.0723. The molecule has 2 N–H and O–H groups in total. The molecule has 0 fully saturated rings. The van der Waals surface area contributed by atoms with Crippen LogP contribution >= 0.6 is 0 Å². The van der Waals surface area contributed by atoms with E-state index in [2.05, 4.69) is 20.3 Å². The molecule has 1 aromatic heterocycles. The molecule has 0 saturated carbocycles. The van der Waals surface area contributed by atoms with E-state index in [-0.39, 0.29) is 11.4 Å². The van der Waals surface area contributed by atoms with Crippen molar-refractivity contribution in [2.45, 2.75) is 6.36 Å². The third-order valence-electron chi connectivity index (χ3n) is 3.24. The van der Waals surface area contributed by atoms with Crippen LogP contribution in [0.4, 0.5) is 23.4 Å². The molecule has 24 heavy (non-hydrogen) atoms. The number of hydrogen-bond donors (Lipinski definition) is 2. The van der Waals surface area contributed by atoms with Gasteiger partial charge >= 0.3 is 6.36 Å². The SMILES string of the molecule is O=CNc1n[nH]c2ccc(-c3cc(OC(F)(F)F)ccc3F)cc12. The molecule has 5 nitrogen and oxygen atoms in total. The third-order valence-corrected chi connectivity index (χ3v) is 3.24. The van der Waals surface area contributed by atoms with Crippen molar-refractivity contribution in [2.75, 3.05) is 5.32 Å². The van der Waals surface area contributed by atoms with Crippen LogP contribution in [0.1, 0.15) is 0 Å². The quantitative estimate of drug-likeness (QED) is 0.561. The minimum Gasteiger partial charge on any atom is -0.406 e. The first kappa shape index (κ1) is 15.8. The number of aromatic amines is 1. The molecular formula is C15H9F4N3O2. The smallest absolute Gasteiger partial charge is 0.406 e. The molecule has 1 heterocycles. The monoisotopic (exact) mass is 339 g/mol. The second-order valence-electron chi connectivity index (χ2n) is 4.78. The van der Waals surface area contributed by atoms with Crippen molar-refractivity contribution in [3.63, 3.8) is 0 Å². The number of fused-ring (bicyclic) bond motifs is 1. The zero-order valence-electron chi connectivity index (χ0n) is 11.8. The molecule has 1 amide bonds. The van der Waals surface area contributed by atoms with Crippen molar-refractivity contribution in [3.05, 3.63) is 42.2 Å². The molecule has 0 radical (unpaired) electrons. The first-order valence-electron chi connectivity index (χ1n) is 6.61. The molecule has 124 valence electrons. The normalized spacial score (nSPS) is 11.5. The van der Waals surface area contributed by atoms with E-state index in [0.717, 1.165) is 18.2 Å². The lowest BCUT2D eigenvalue weighted by atomic mass is 10.0. The molecule has 0 aliphatic rings. The number of anilines is 1. The third kappa shape index (κ3) is 3.14. The molecule has 3 aromatic rings. The Morgan fingerprint density at radius 2 is 1.96 bits per heavy atom. The van der Waals surface area contributed by atoms with Gasteiger partial charge in [0.2, 0.25) is 6.41 Å². The summed E-state index contributed by atoms with van der Waals surface area (Å²) in [5.74, 6) is -1.01. The Morgan fingerprint density at radius 3 is 2.67 bits per heavy atom. The van der Waals surface area contributed by atoms with Crippen LogP contribution in [0.15, 0.2) is 36.4 Å². The molecule has 0 aliphatic heterocycles. The fourth-order valence-electron chi connectivity index (χ4n) is 2.27. The number of hydrogen-bond acceptors (Lipinski definition) is 3. The summed E-state index contributed by atoms with van der Waals surface area (Å²) in [6, 6.07) is 7.32. The number of carbonyl (C=O) groups is 1. The number of ether oxygens (including phenoxy) is 1. The van der Waals surface area contributed by atoms with Gasteiger partial charge < -0.3 is 10.1 Å². The number of nitrogens with one attached hydrogen (secondary N) is 2. The predicted molar refractivity (Wildman–Crippen MR) is 77.9 cm³/mol. The summed E-state index contributed by atoms with van der Waals surface area (Å²) < 4.78 is 54.8. The first-order valence-corrected chi connectivity index (χ1v) is 6.61. The van der Waals surface area contributed by atoms with Crippen LogP contribution in [0.3, 0.4) is 0 Å². The number of nitrogens with zero attached hydrogens (tertiary/aromatic N) is 1. The number of rotatable bonds is 4. The van der Waals surface area contributed by atoms with Crippen LogP contribution in [-0.2, 0) is 4.79 Å². The number of alkyl halides is 3. The van der Waals surface area contributed by atoms with Crippen molar-refractivity contribution in [1.82, 2.24) is 10.2 Å². The molecule has 0 aliphatic carbocycles. The van der Waals surface area contributed by atoms with Crippen molar-refractivity contribution < 1.29 is 27.1 Å². The molecule has 3 rings (SSSR count). The molecule has 9 heteroatoms. The number of amides is 1. The molecule has 2 aromatic carbocycles. The number of carbonyl (C=O) groups excluding carboxylic acids is 1. The summed E-state index contributed by atoms with van der Waals surface area (Å²) >= 11 is 0. The predicted octanol–water partition coefficient (Wildman–Crippen LogP) is 3.84. The molecule has 0 atom stereocenters. The molecule has 0 spiro atoms. The Bertz CT molecular complexity index is 905. The van der Waals surface area contributed by atoms with Crippen molar-refractivity contribution >= 4 is 23.1 Å². The topological polar surface area (TPSA) is 67.0 Å². The maximum atomic E-state index is 14.0. The van der Waals surface area contributed by atoms with Gasteiger partial charge in [-0.25, -0.2) is 4.39 Å². The Hall–Kier alpha value is -3.10. The lowest BCUT2D eigenvalue weighted by molar-refractivity contribution is -0.274. The molecule has 0 bridgehead atoms. The second-order valence-corrected chi connectivity index (χ2v) is 4.78. The highest BCUT2D eigenvalue weighted by molar-refractivity contribution is 5.96. The highest BCUT2D eigenvalue weighted by Crippen LogP contribution is 2.32. The van der Waals surface area contributed by atoms with Crippen molar-refractivity contribution in [3.8, 4) is 16.9 Å². The molecule has 0 unspecified atom stereocenters. The standard InChI is InChI=1S/C15H9F4N3O2/c16-12-3-2-9(24-15(17,18)19)6-10(12)8-1-4-13-11(5-8)14(20-7-23)22-21-13/h1-7H,(H2,20,21,22,23). The van der Waals surface area contributed by atoms with E-state index in [0.29, 0.717) is 22.9 Å². The zero-order valence-corrected chi connectivity index (χ0v) is 11.8. The van der Waals surface area contributed by atoms with Crippen LogP contribution in [-0.4, -0.2) is 23.0 Å². The number of H-pyrrole nitrogens is 1. The van der Waals surface area contributed by atoms with Gasteiger partial charge in [-0.15, -0.1) is 13.2 Å². The van der Waals surface area contributed by atoms with Gasteiger partial charge in [0.15, 0.2) is 5.82 Å². The zero-order chi connectivity index (χ0) is 17.3. The van der Waals surface area contributed by atoms with E-state index in [4.69, 9.17) is 0 Å². The lowest BCUT2D eigenvalue weighted by Crippen LogP contribution is -2.17. The van der Waals surface area contributed by atoms with E-state index in [1.54, 1.807) is 6.07 Å². The average Bonchev–Trinajstić information content (AvgIpc) is 2.91. The van der Waals surface area contributed by atoms with E-state index >= 15 is 0 Å². The lowest BCUT2D eigenvalue weighted by Gasteiger charge is -2.11. The molecule has 0 saturated heterocycles. The van der Waals surface area contributed by atoms with Gasteiger partial charge in [0.05, 0.1) is 5.52 Å². The summed E-state index contributed by atoms with van der Waals surface area (Å²) in [6.07, 6.45) is -4.44. The minimum atomic E-state index is -4.87. The maximum absolute atomic E-state index is 14.0. The number of halogens is 4. The second kappa shape index (κ2) is 5.84. The van der Waals surface area contributed by atoms with Crippen LogP contribution in [0, 0.1) is 5.82 Å². The van der Waals surface area contributed by atoms with Gasteiger partial charge in [-0.1, -0.05) is 6.07 Å². The fourth-order valence-corrected chi connectivity index (χ4v) is 2.27. The van der Waals surface area contributed by atoms with Gasteiger partial charge in [0, 0.05) is 10.9 Å². The van der Waals surface area contributed by atoms with Crippen molar-refractivity contribution in [1.29, 1.82) is 0 Å². The van der Waals surface area contributed by atoms with Gasteiger partial charge in [0.25, 0.3) is 0 Å². The number of benzene rings is 2. The largest absolute Gasteiger partial charge is 0.573 e. The van der Waals surface area contributed by atoms with E-state index in [1.807, 2.05) is 0 Å². The summed E-state index contributed by atoms with van der Waals surface area (Å²) in [4.78, 5) is 10.6. The Balaban J connectivity index is 2.07. The Kier molecular flexibility index (Phi) is 3.84.